The van der Waals surface area contributed by atoms with Crippen LogP contribution in [-0.2, 0) is 13.5 Å². The minimum absolute atomic E-state index is 0.0369. The lowest BCUT2D eigenvalue weighted by molar-refractivity contribution is 0.287. The summed E-state index contributed by atoms with van der Waals surface area (Å²) in [5, 5.41) is 4.29. The van der Waals surface area contributed by atoms with Crippen LogP contribution in [0, 0.1) is 0 Å². The van der Waals surface area contributed by atoms with Crippen molar-refractivity contribution >= 4 is 0 Å². The van der Waals surface area contributed by atoms with Crippen LogP contribution >= 0.6 is 0 Å². The summed E-state index contributed by atoms with van der Waals surface area (Å²) in [5.74, 6) is 0.851. The molecular weight excluding hydrogens is 214 g/mol. The van der Waals surface area contributed by atoms with E-state index < -0.39 is 0 Å². The summed E-state index contributed by atoms with van der Waals surface area (Å²) in [6, 6.07) is 11.6. The smallest absolute Gasteiger partial charge is 0.119 e. The van der Waals surface area contributed by atoms with Gasteiger partial charge >= 0.3 is 0 Å². The fourth-order valence-electron chi connectivity index (χ4n) is 1.62. The fourth-order valence-corrected chi connectivity index (χ4v) is 1.62. The molecule has 0 saturated heterocycles. The maximum atomic E-state index is 5.99. The molecule has 2 N–H and O–H groups in total. The summed E-state index contributed by atoms with van der Waals surface area (Å²) in [6.07, 6.45) is 2.65. The third-order valence-electron chi connectivity index (χ3n) is 2.45. The highest BCUT2D eigenvalue weighted by Crippen LogP contribution is 2.09. The van der Waals surface area contributed by atoms with Crippen molar-refractivity contribution in [3.63, 3.8) is 0 Å². The molecule has 4 heteroatoms. The van der Waals surface area contributed by atoms with Crippen LogP contribution in [0.25, 0.3) is 0 Å². The Balaban J connectivity index is 1.80. The molecule has 0 aliphatic carbocycles. The molecule has 0 spiro atoms. The second-order valence-electron chi connectivity index (χ2n) is 4.07. The minimum Gasteiger partial charge on any atom is -0.492 e. The maximum absolute atomic E-state index is 5.99. The van der Waals surface area contributed by atoms with Crippen LogP contribution in [0.15, 0.2) is 42.6 Å². The average Bonchev–Trinajstić information content (AvgIpc) is 2.73. The van der Waals surface area contributed by atoms with Gasteiger partial charge in [-0.1, -0.05) is 18.2 Å². The quantitative estimate of drug-likeness (QED) is 0.845. The van der Waals surface area contributed by atoms with Gasteiger partial charge in [0.1, 0.15) is 12.4 Å². The molecule has 1 aromatic carbocycles. The molecule has 90 valence electrons. The highest BCUT2D eigenvalue weighted by Gasteiger charge is 2.07. The number of aryl methyl sites for hydroxylation is 1. The average molecular weight is 231 g/mol. The molecule has 0 aliphatic heterocycles. The van der Waals surface area contributed by atoms with E-state index >= 15 is 0 Å². The molecular formula is C13H17N3O. The van der Waals surface area contributed by atoms with Crippen LogP contribution in [0.5, 0.6) is 5.75 Å². The highest BCUT2D eigenvalue weighted by molar-refractivity contribution is 5.21. The molecule has 17 heavy (non-hydrogen) atoms. The number of aromatic nitrogens is 2. The molecule has 0 aliphatic rings. The zero-order valence-electron chi connectivity index (χ0n) is 9.91. The highest BCUT2D eigenvalue weighted by atomic mass is 16.5. The molecule has 1 heterocycles. The van der Waals surface area contributed by atoms with Crippen LogP contribution < -0.4 is 10.5 Å². The molecule has 0 saturated carbocycles. The molecule has 4 nitrogen and oxygen atoms in total. The van der Waals surface area contributed by atoms with Gasteiger partial charge in [0.25, 0.3) is 0 Å². The molecule has 1 unspecified atom stereocenters. The van der Waals surface area contributed by atoms with Crippen LogP contribution in [0.2, 0.25) is 0 Å². The number of para-hydroxylation sites is 1. The predicted octanol–water partition coefficient (Wildman–Crippen LogP) is 1.37. The summed E-state index contributed by atoms with van der Waals surface area (Å²) in [7, 11) is 1.90. The van der Waals surface area contributed by atoms with Crippen molar-refractivity contribution in [2.75, 3.05) is 6.61 Å². The van der Waals surface area contributed by atoms with Crippen molar-refractivity contribution in [2.45, 2.75) is 12.5 Å². The predicted molar refractivity (Wildman–Crippen MR) is 66.8 cm³/mol. The second-order valence-corrected chi connectivity index (χ2v) is 4.07. The van der Waals surface area contributed by atoms with Crippen LogP contribution in [0.4, 0.5) is 0 Å². The van der Waals surface area contributed by atoms with Crippen molar-refractivity contribution in [1.29, 1.82) is 0 Å². The Labute approximate surface area is 101 Å². The molecule has 0 radical (unpaired) electrons. The van der Waals surface area contributed by atoms with Crippen molar-refractivity contribution < 1.29 is 4.74 Å². The number of hydrogen-bond donors (Lipinski definition) is 1. The zero-order chi connectivity index (χ0) is 12.1. The van der Waals surface area contributed by atoms with E-state index in [1.807, 2.05) is 49.6 Å². The molecule has 1 aromatic heterocycles. The van der Waals surface area contributed by atoms with E-state index in [0.29, 0.717) is 6.61 Å². The van der Waals surface area contributed by atoms with Crippen LogP contribution in [-0.4, -0.2) is 22.4 Å². The van der Waals surface area contributed by atoms with E-state index in [4.69, 9.17) is 10.5 Å². The Kier molecular flexibility index (Phi) is 3.77. The van der Waals surface area contributed by atoms with Crippen LogP contribution in [0.1, 0.15) is 5.69 Å². The third-order valence-corrected chi connectivity index (χ3v) is 2.45. The largest absolute Gasteiger partial charge is 0.492 e. The summed E-state index contributed by atoms with van der Waals surface area (Å²) in [5.41, 5.74) is 6.99. The van der Waals surface area contributed by atoms with Gasteiger partial charge in [0.15, 0.2) is 0 Å². The third kappa shape index (κ3) is 3.60. The van der Waals surface area contributed by atoms with Gasteiger partial charge in [-0.3, -0.25) is 4.68 Å². The lowest BCUT2D eigenvalue weighted by Crippen LogP contribution is -2.30. The van der Waals surface area contributed by atoms with Crippen molar-refractivity contribution in [3.05, 3.63) is 48.3 Å². The Bertz CT molecular complexity index is 453. The summed E-state index contributed by atoms with van der Waals surface area (Å²) >= 11 is 0. The van der Waals surface area contributed by atoms with E-state index in [2.05, 4.69) is 5.10 Å². The van der Waals surface area contributed by atoms with E-state index in [9.17, 15) is 0 Å². The molecule has 2 rings (SSSR count). The molecule has 2 aromatic rings. The first-order valence-electron chi connectivity index (χ1n) is 5.66. The number of nitrogens with zero attached hydrogens (tertiary/aromatic N) is 2. The van der Waals surface area contributed by atoms with Gasteiger partial charge in [-0.05, 0) is 18.2 Å². The van der Waals surface area contributed by atoms with E-state index in [0.717, 1.165) is 17.9 Å². The standard InChI is InChI=1S/C13H17N3O/c1-16-8-7-12(15-16)9-11(14)10-17-13-5-3-2-4-6-13/h2-8,11H,9-10,14H2,1H3. The van der Waals surface area contributed by atoms with Crippen LogP contribution in [0.3, 0.4) is 0 Å². The number of benzene rings is 1. The molecule has 0 amide bonds. The minimum atomic E-state index is -0.0369. The summed E-state index contributed by atoms with van der Waals surface area (Å²) in [6.45, 7) is 0.501. The maximum Gasteiger partial charge on any atom is 0.119 e. The van der Waals surface area contributed by atoms with Crippen molar-refractivity contribution in [3.8, 4) is 5.75 Å². The fraction of sp³-hybridized carbons (Fsp3) is 0.308. The number of nitrogens with two attached hydrogens (primary N) is 1. The molecule has 0 bridgehead atoms. The van der Waals surface area contributed by atoms with Gasteiger partial charge in [-0.25, -0.2) is 0 Å². The van der Waals surface area contributed by atoms with E-state index in [1.54, 1.807) is 4.68 Å². The number of hydrogen-bond acceptors (Lipinski definition) is 3. The monoisotopic (exact) mass is 231 g/mol. The van der Waals surface area contributed by atoms with Gasteiger partial charge in [0, 0.05) is 25.7 Å². The van der Waals surface area contributed by atoms with Gasteiger partial charge in [0.2, 0.25) is 0 Å². The van der Waals surface area contributed by atoms with Gasteiger partial charge < -0.3 is 10.5 Å². The SMILES string of the molecule is Cn1ccc(CC(N)COc2ccccc2)n1. The van der Waals surface area contributed by atoms with Crippen molar-refractivity contribution in [1.82, 2.24) is 9.78 Å². The summed E-state index contributed by atoms with van der Waals surface area (Å²) in [4.78, 5) is 0. The van der Waals surface area contributed by atoms with E-state index in [-0.39, 0.29) is 6.04 Å². The normalized spacial score (nSPS) is 12.4. The first-order chi connectivity index (χ1) is 8.24. The first kappa shape index (κ1) is 11.7. The van der Waals surface area contributed by atoms with Crippen molar-refractivity contribution in [2.24, 2.45) is 12.8 Å². The van der Waals surface area contributed by atoms with Gasteiger partial charge in [-0.2, -0.15) is 5.10 Å². The molecule has 1 atom stereocenters. The Hall–Kier alpha value is -1.81. The number of rotatable bonds is 5. The first-order valence-corrected chi connectivity index (χ1v) is 5.66. The Morgan fingerprint density at radius 3 is 2.71 bits per heavy atom. The Morgan fingerprint density at radius 1 is 1.29 bits per heavy atom. The zero-order valence-corrected chi connectivity index (χ0v) is 9.91. The lowest BCUT2D eigenvalue weighted by atomic mass is 10.2. The molecule has 0 fully saturated rings. The number of ether oxygens (including phenoxy) is 1. The summed E-state index contributed by atoms with van der Waals surface area (Å²) < 4.78 is 7.37. The van der Waals surface area contributed by atoms with Gasteiger partial charge in [0.05, 0.1) is 5.69 Å². The Morgan fingerprint density at radius 2 is 2.06 bits per heavy atom. The topological polar surface area (TPSA) is 53.1 Å². The van der Waals surface area contributed by atoms with Gasteiger partial charge in [-0.15, -0.1) is 0 Å². The van der Waals surface area contributed by atoms with E-state index in [1.165, 1.54) is 0 Å². The lowest BCUT2D eigenvalue weighted by Gasteiger charge is -2.11. The second kappa shape index (κ2) is 5.50.